The molecule has 0 radical (unpaired) electrons. The minimum Gasteiger partial charge on any atom is -0.484 e. The number of aryl methyl sites for hydroxylation is 1. The van der Waals surface area contributed by atoms with E-state index < -0.39 is 0 Å². The van der Waals surface area contributed by atoms with Crippen LogP contribution >= 0.6 is 11.3 Å². The van der Waals surface area contributed by atoms with Crippen LogP contribution in [0.5, 0.6) is 5.75 Å². The number of para-hydroxylation sites is 1. The van der Waals surface area contributed by atoms with Gasteiger partial charge >= 0.3 is 0 Å². The molecule has 4 rings (SSSR count). The summed E-state index contributed by atoms with van der Waals surface area (Å²) in [6.45, 7) is -0.0609. The first-order valence-electron chi connectivity index (χ1n) is 9.89. The van der Waals surface area contributed by atoms with Crippen molar-refractivity contribution in [2.75, 3.05) is 11.9 Å². The lowest BCUT2D eigenvalue weighted by molar-refractivity contribution is -0.118. The molecule has 0 unspecified atom stereocenters. The summed E-state index contributed by atoms with van der Waals surface area (Å²) in [5.74, 6) is 0.400. The van der Waals surface area contributed by atoms with Crippen LogP contribution in [-0.4, -0.2) is 18.7 Å². The molecular weight excluding hydrogens is 394 g/mol. The van der Waals surface area contributed by atoms with Crippen molar-refractivity contribution in [2.24, 2.45) is 4.99 Å². The average Bonchev–Trinajstić information content (AvgIpc) is 3.15. The van der Waals surface area contributed by atoms with Crippen LogP contribution < -0.4 is 10.1 Å². The summed E-state index contributed by atoms with van der Waals surface area (Å²) in [6.07, 6.45) is 6.13. The van der Waals surface area contributed by atoms with Crippen LogP contribution in [0, 0.1) is 11.3 Å². The Balaban J connectivity index is 1.35. The van der Waals surface area contributed by atoms with Gasteiger partial charge in [-0.05, 0) is 73.2 Å². The summed E-state index contributed by atoms with van der Waals surface area (Å²) in [6, 6.07) is 19.0. The second-order valence-corrected chi connectivity index (χ2v) is 8.12. The summed E-state index contributed by atoms with van der Waals surface area (Å²) < 4.78 is 5.55. The second kappa shape index (κ2) is 9.38. The normalized spacial score (nSPS) is 12.9. The molecule has 1 heterocycles. The molecule has 5 nitrogen and oxygen atoms in total. The Kier molecular flexibility index (Phi) is 6.21. The maximum atomic E-state index is 12.0. The van der Waals surface area contributed by atoms with Gasteiger partial charge in [-0.3, -0.25) is 4.79 Å². The molecule has 0 spiro atoms. The number of nitrogens with zero attached hydrogens (tertiary/aromatic N) is 2. The predicted octanol–water partition coefficient (Wildman–Crippen LogP) is 5.27. The number of benzene rings is 2. The first kappa shape index (κ1) is 19.9. The number of carbonyl (C=O) groups excluding carboxylic acids is 1. The predicted molar refractivity (Wildman–Crippen MR) is 120 cm³/mol. The van der Waals surface area contributed by atoms with E-state index in [0.29, 0.717) is 5.75 Å². The van der Waals surface area contributed by atoms with E-state index >= 15 is 0 Å². The number of nitriles is 1. The number of ether oxygens (including phenoxy) is 1. The van der Waals surface area contributed by atoms with Gasteiger partial charge in [-0.2, -0.15) is 5.26 Å². The van der Waals surface area contributed by atoms with Crippen molar-refractivity contribution in [3.8, 4) is 11.8 Å². The van der Waals surface area contributed by atoms with Crippen LogP contribution in [0.1, 0.15) is 34.4 Å². The van der Waals surface area contributed by atoms with Crippen LogP contribution in [0.2, 0.25) is 0 Å². The fourth-order valence-electron chi connectivity index (χ4n) is 3.41. The molecule has 1 amide bonds. The molecule has 6 heteroatoms. The molecule has 0 saturated heterocycles. The number of rotatable bonds is 6. The third-order valence-corrected chi connectivity index (χ3v) is 6.10. The van der Waals surface area contributed by atoms with Crippen molar-refractivity contribution in [1.82, 2.24) is 0 Å². The van der Waals surface area contributed by atoms with Crippen molar-refractivity contribution in [1.29, 1.82) is 5.26 Å². The summed E-state index contributed by atoms with van der Waals surface area (Å²) in [7, 11) is 0. The van der Waals surface area contributed by atoms with Gasteiger partial charge in [0.05, 0.1) is 5.56 Å². The van der Waals surface area contributed by atoms with Gasteiger partial charge in [0.25, 0.3) is 5.91 Å². The highest BCUT2D eigenvalue weighted by Crippen LogP contribution is 2.39. The lowest BCUT2D eigenvalue weighted by Gasteiger charge is -2.09. The number of fused-ring (bicyclic) bond motifs is 1. The molecule has 0 atom stereocenters. The van der Waals surface area contributed by atoms with Crippen LogP contribution in [0.15, 0.2) is 59.6 Å². The standard InChI is InChI=1S/C24H21N3O2S/c25-14-21-20-8-4-5-9-22(20)30-24(21)26-15-17-10-12-19(13-11-17)29-16-23(28)27-18-6-2-1-3-7-18/h1-3,6-7,10-13,15H,4-5,8-9,16H2,(H,27,28)/b26-15+. The highest BCUT2D eigenvalue weighted by atomic mass is 32.1. The van der Waals surface area contributed by atoms with E-state index in [1.54, 1.807) is 17.6 Å². The Bertz CT molecular complexity index is 1100. The smallest absolute Gasteiger partial charge is 0.262 e. The fraction of sp³-hybridized carbons (Fsp3) is 0.208. The molecule has 1 N–H and O–H groups in total. The zero-order valence-corrected chi connectivity index (χ0v) is 17.2. The molecule has 2 aromatic carbocycles. The topological polar surface area (TPSA) is 74.5 Å². The lowest BCUT2D eigenvalue weighted by atomic mass is 9.96. The van der Waals surface area contributed by atoms with Gasteiger partial charge in [-0.15, -0.1) is 11.3 Å². The Morgan fingerprint density at radius 2 is 1.90 bits per heavy atom. The molecule has 3 aromatic rings. The summed E-state index contributed by atoms with van der Waals surface area (Å²) in [5.41, 5.74) is 3.57. The van der Waals surface area contributed by atoms with Crippen molar-refractivity contribution in [2.45, 2.75) is 25.7 Å². The minimum absolute atomic E-state index is 0.0609. The SMILES string of the molecule is N#Cc1c(/N=C/c2ccc(OCC(=O)Nc3ccccc3)cc2)sc2c1CCCC2. The van der Waals surface area contributed by atoms with Crippen molar-refractivity contribution < 1.29 is 9.53 Å². The third kappa shape index (κ3) is 4.76. The highest BCUT2D eigenvalue weighted by Gasteiger charge is 2.20. The number of anilines is 1. The van der Waals surface area contributed by atoms with E-state index in [1.165, 1.54) is 16.9 Å². The number of hydrogen-bond acceptors (Lipinski definition) is 5. The van der Waals surface area contributed by atoms with Crippen LogP contribution in [0.4, 0.5) is 10.7 Å². The molecule has 0 saturated carbocycles. The van der Waals surface area contributed by atoms with Gasteiger partial charge in [0, 0.05) is 16.8 Å². The lowest BCUT2D eigenvalue weighted by Crippen LogP contribution is -2.20. The zero-order valence-electron chi connectivity index (χ0n) is 16.4. The Morgan fingerprint density at radius 1 is 1.13 bits per heavy atom. The number of thiophene rings is 1. The Hall–Kier alpha value is -3.43. The molecular formula is C24H21N3O2S. The fourth-order valence-corrected chi connectivity index (χ4v) is 4.59. The van der Waals surface area contributed by atoms with E-state index in [0.717, 1.165) is 41.1 Å². The molecule has 150 valence electrons. The zero-order chi connectivity index (χ0) is 20.8. The Labute approximate surface area is 179 Å². The third-order valence-electron chi connectivity index (χ3n) is 4.90. The number of hydrogen-bond donors (Lipinski definition) is 1. The first-order chi connectivity index (χ1) is 14.7. The summed E-state index contributed by atoms with van der Waals surface area (Å²) >= 11 is 1.63. The average molecular weight is 416 g/mol. The van der Waals surface area contributed by atoms with Crippen LogP contribution in [0.25, 0.3) is 0 Å². The molecule has 0 aliphatic heterocycles. The van der Waals surface area contributed by atoms with Gasteiger partial charge < -0.3 is 10.1 Å². The van der Waals surface area contributed by atoms with E-state index in [1.807, 2.05) is 54.6 Å². The number of aliphatic imine (C=N–C) groups is 1. The van der Waals surface area contributed by atoms with Crippen molar-refractivity contribution in [3.05, 3.63) is 76.2 Å². The molecule has 30 heavy (non-hydrogen) atoms. The largest absolute Gasteiger partial charge is 0.484 e. The van der Waals surface area contributed by atoms with Gasteiger partial charge in [0.2, 0.25) is 0 Å². The van der Waals surface area contributed by atoms with Crippen molar-refractivity contribution >= 4 is 34.1 Å². The number of carbonyl (C=O) groups is 1. The van der Waals surface area contributed by atoms with Crippen LogP contribution in [-0.2, 0) is 17.6 Å². The summed E-state index contributed by atoms with van der Waals surface area (Å²) in [5, 5.41) is 13.1. The van der Waals surface area contributed by atoms with E-state index in [2.05, 4.69) is 16.4 Å². The van der Waals surface area contributed by atoms with Gasteiger partial charge in [-0.25, -0.2) is 4.99 Å². The number of amides is 1. The van der Waals surface area contributed by atoms with Gasteiger partial charge in [0.15, 0.2) is 6.61 Å². The first-order valence-corrected chi connectivity index (χ1v) is 10.7. The maximum Gasteiger partial charge on any atom is 0.262 e. The number of nitrogens with one attached hydrogen (secondary N) is 1. The van der Waals surface area contributed by atoms with E-state index in [4.69, 9.17) is 4.74 Å². The molecule has 1 aliphatic rings. The molecule has 1 aromatic heterocycles. The maximum absolute atomic E-state index is 12.0. The van der Waals surface area contributed by atoms with Gasteiger partial charge in [-0.1, -0.05) is 18.2 Å². The minimum atomic E-state index is -0.211. The quantitative estimate of drug-likeness (QED) is 0.558. The van der Waals surface area contributed by atoms with Crippen molar-refractivity contribution in [3.63, 3.8) is 0 Å². The monoisotopic (exact) mass is 415 g/mol. The summed E-state index contributed by atoms with van der Waals surface area (Å²) in [4.78, 5) is 17.9. The second-order valence-electron chi connectivity index (χ2n) is 7.03. The van der Waals surface area contributed by atoms with Gasteiger partial charge in [0.1, 0.15) is 16.8 Å². The van der Waals surface area contributed by atoms with Crippen LogP contribution in [0.3, 0.4) is 0 Å². The van der Waals surface area contributed by atoms with E-state index in [-0.39, 0.29) is 12.5 Å². The molecule has 0 bridgehead atoms. The van der Waals surface area contributed by atoms with E-state index in [9.17, 15) is 10.1 Å². The highest BCUT2D eigenvalue weighted by molar-refractivity contribution is 7.16. The molecule has 0 fully saturated rings. The Morgan fingerprint density at radius 3 is 2.67 bits per heavy atom. The molecule has 1 aliphatic carbocycles.